The van der Waals surface area contributed by atoms with Crippen molar-refractivity contribution in [1.29, 1.82) is 0 Å². The van der Waals surface area contributed by atoms with Crippen molar-refractivity contribution in [3.8, 4) is 11.5 Å². The van der Waals surface area contributed by atoms with Gasteiger partial charge in [-0.1, -0.05) is 0 Å². The fourth-order valence-corrected chi connectivity index (χ4v) is 4.62. The highest BCUT2D eigenvalue weighted by molar-refractivity contribution is 7.89. The van der Waals surface area contributed by atoms with E-state index in [4.69, 9.17) is 9.47 Å². The first-order valence-electron chi connectivity index (χ1n) is 8.88. The van der Waals surface area contributed by atoms with E-state index in [1.807, 2.05) is 0 Å². The maximum Gasteiger partial charge on any atom is 0.253 e. The van der Waals surface area contributed by atoms with E-state index in [1.165, 1.54) is 36.9 Å². The van der Waals surface area contributed by atoms with Crippen molar-refractivity contribution in [3.63, 3.8) is 0 Å². The summed E-state index contributed by atoms with van der Waals surface area (Å²) in [4.78, 5) is 16.3. The Balaban J connectivity index is 1.64. The second-order valence-electron chi connectivity index (χ2n) is 6.41. The van der Waals surface area contributed by atoms with E-state index in [2.05, 4.69) is 10.3 Å². The van der Waals surface area contributed by atoms with E-state index in [0.29, 0.717) is 43.0 Å². The smallest absolute Gasteiger partial charge is 0.253 e. The standard InChI is InChI=1S/C19H23N3O5S/c1-26-17-6-5-16(12-18(17)27-2)28(24,25)22-10-7-15(8-11-22)21-19(23)14-4-3-9-20-13-14/h3-6,9,12-13,15H,7-8,10-11H2,1-2H3,(H,21,23). The van der Waals surface area contributed by atoms with Gasteiger partial charge < -0.3 is 14.8 Å². The number of pyridine rings is 1. The number of rotatable bonds is 6. The number of piperidine rings is 1. The summed E-state index contributed by atoms with van der Waals surface area (Å²) in [5.41, 5.74) is 0.489. The molecule has 8 nitrogen and oxygen atoms in total. The van der Waals surface area contributed by atoms with Crippen molar-refractivity contribution in [3.05, 3.63) is 48.3 Å². The molecular weight excluding hydrogens is 382 g/mol. The first-order chi connectivity index (χ1) is 13.5. The van der Waals surface area contributed by atoms with Gasteiger partial charge in [0.05, 0.1) is 24.7 Å². The molecule has 0 bridgehead atoms. The molecule has 1 aliphatic rings. The molecule has 1 aromatic heterocycles. The molecule has 150 valence electrons. The molecule has 2 heterocycles. The van der Waals surface area contributed by atoms with Crippen molar-refractivity contribution in [2.45, 2.75) is 23.8 Å². The number of nitrogens with one attached hydrogen (secondary N) is 1. The van der Waals surface area contributed by atoms with Crippen LogP contribution in [0.15, 0.2) is 47.6 Å². The minimum atomic E-state index is -3.65. The Bertz CT molecular complexity index is 926. The van der Waals surface area contributed by atoms with Crippen LogP contribution in [0.4, 0.5) is 0 Å². The maximum absolute atomic E-state index is 12.9. The van der Waals surface area contributed by atoms with Gasteiger partial charge >= 0.3 is 0 Å². The Kier molecular flexibility index (Phi) is 6.15. The fourth-order valence-electron chi connectivity index (χ4n) is 3.13. The van der Waals surface area contributed by atoms with Crippen LogP contribution in [0.1, 0.15) is 23.2 Å². The number of carbonyl (C=O) groups is 1. The SMILES string of the molecule is COc1ccc(S(=O)(=O)N2CCC(NC(=O)c3cccnc3)CC2)cc1OC. The van der Waals surface area contributed by atoms with Gasteiger partial charge in [-0.2, -0.15) is 4.31 Å². The van der Waals surface area contributed by atoms with Gasteiger partial charge in [0, 0.05) is 37.6 Å². The van der Waals surface area contributed by atoms with Crippen LogP contribution in [-0.4, -0.2) is 57.0 Å². The molecule has 0 aliphatic carbocycles. The van der Waals surface area contributed by atoms with Gasteiger partial charge in [0.1, 0.15) is 0 Å². The first kappa shape index (κ1) is 20.1. The molecule has 9 heteroatoms. The molecule has 0 saturated carbocycles. The summed E-state index contributed by atoms with van der Waals surface area (Å²) in [6.07, 6.45) is 4.19. The molecule has 1 aromatic carbocycles. The van der Waals surface area contributed by atoms with Crippen LogP contribution in [0.5, 0.6) is 11.5 Å². The molecule has 0 radical (unpaired) electrons. The number of ether oxygens (including phenoxy) is 2. The summed E-state index contributed by atoms with van der Waals surface area (Å²) in [5, 5.41) is 2.94. The zero-order chi connectivity index (χ0) is 20.1. The summed E-state index contributed by atoms with van der Waals surface area (Å²) in [6, 6.07) is 7.86. The Hall–Kier alpha value is -2.65. The normalized spacial score (nSPS) is 15.8. The molecule has 0 atom stereocenters. The van der Waals surface area contributed by atoms with Crippen molar-refractivity contribution < 1.29 is 22.7 Å². The molecule has 2 aromatic rings. The zero-order valence-corrected chi connectivity index (χ0v) is 16.6. The van der Waals surface area contributed by atoms with Gasteiger partial charge in [-0.15, -0.1) is 0 Å². The quantitative estimate of drug-likeness (QED) is 0.785. The van der Waals surface area contributed by atoms with Crippen LogP contribution < -0.4 is 14.8 Å². The lowest BCUT2D eigenvalue weighted by Gasteiger charge is -2.31. The predicted molar refractivity (Wildman–Crippen MR) is 103 cm³/mol. The van der Waals surface area contributed by atoms with Gasteiger partial charge in [0.25, 0.3) is 5.91 Å². The van der Waals surface area contributed by atoms with E-state index >= 15 is 0 Å². The van der Waals surface area contributed by atoms with Crippen LogP contribution in [0.2, 0.25) is 0 Å². The molecule has 3 rings (SSSR count). The van der Waals surface area contributed by atoms with Gasteiger partial charge in [-0.3, -0.25) is 9.78 Å². The zero-order valence-electron chi connectivity index (χ0n) is 15.8. The Morgan fingerprint density at radius 3 is 2.46 bits per heavy atom. The molecule has 1 saturated heterocycles. The minimum absolute atomic E-state index is 0.0791. The van der Waals surface area contributed by atoms with E-state index in [-0.39, 0.29) is 16.8 Å². The molecule has 1 N–H and O–H groups in total. The van der Waals surface area contributed by atoms with Crippen molar-refractivity contribution in [2.75, 3.05) is 27.3 Å². The number of hydrogen-bond donors (Lipinski definition) is 1. The van der Waals surface area contributed by atoms with Crippen LogP contribution >= 0.6 is 0 Å². The summed E-state index contributed by atoms with van der Waals surface area (Å²) in [7, 11) is -0.689. The van der Waals surface area contributed by atoms with Gasteiger partial charge in [-0.25, -0.2) is 8.42 Å². The molecule has 28 heavy (non-hydrogen) atoms. The highest BCUT2D eigenvalue weighted by atomic mass is 32.2. The molecule has 0 spiro atoms. The maximum atomic E-state index is 12.9. The minimum Gasteiger partial charge on any atom is -0.493 e. The third kappa shape index (κ3) is 4.26. The second-order valence-corrected chi connectivity index (χ2v) is 8.35. The highest BCUT2D eigenvalue weighted by Crippen LogP contribution is 2.31. The average molecular weight is 405 g/mol. The lowest BCUT2D eigenvalue weighted by Crippen LogP contribution is -2.46. The number of carbonyl (C=O) groups excluding carboxylic acids is 1. The number of methoxy groups -OCH3 is 2. The van der Waals surface area contributed by atoms with E-state index in [9.17, 15) is 13.2 Å². The van der Waals surface area contributed by atoms with Crippen LogP contribution in [-0.2, 0) is 10.0 Å². The summed E-state index contributed by atoms with van der Waals surface area (Å²) < 4.78 is 37.7. The number of nitrogens with zero attached hydrogens (tertiary/aromatic N) is 2. The number of aromatic nitrogens is 1. The van der Waals surface area contributed by atoms with E-state index in [0.717, 1.165) is 0 Å². The third-order valence-electron chi connectivity index (χ3n) is 4.71. The Labute approximate surface area is 164 Å². The average Bonchev–Trinajstić information content (AvgIpc) is 2.74. The topological polar surface area (TPSA) is 97.8 Å². The van der Waals surface area contributed by atoms with Crippen molar-refractivity contribution in [2.24, 2.45) is 0 Å². The monoisotopic (exact) mass is 405 g/mol. The molecule has 1 amide bonds. The van der Waals surface area contributed by atoms with Crippen LogP contribution in [0.3, 0.4) is 0 Å². The number of hydrogen-bond acceptors (Lipinski definition) is 6. The molecule has 1 fully saturated rings. The largest absolute Gasteiger partial charge is 0.493 e. The van der Waals surface area contributed by atoms with Gasteiger partial charge in [0.2, 0.25) is 10.0 Å². The van der Waals surface area contributed by atoms with Crippen LogP contribution in [0, 0.1) is 0 Å². The summed E-state index contributed by atoms with van der Waals surface area (Å²) in [5.74, 6) is 0.634. The van der Waals surface area contributed by atoms with Crippen molar-refractivity contribution in [1.82, 2.24) is 14.6 Å². The lowest BCUT2D eigenvalue weighted by atomic mass is 10.1. The second kappa shape index (κ2) is 8.57. The summed E-state index contributed by atoms with van der Waals surface area (Å²) >= 11 is 0. The summed E-state index contributed by atoms with van der Waals surface area (Å²) in [6.45, 7) is 0.656. The third-order valence-corrected chi connectivity index (χ3v) is 6.60. The molecule has 1 aliphatic heterocycles. The van der Waals surface area contributed by atoms with Crippen LogP contribution in [0.25, 0.3) is 0 Å². The number of amides is 1. The first-order valence-corrected chi connectivity index (χ1v) is 10.3. The van der Waals surface area contributed by atoms with Crippen molar-refractivity contribution >= 4 is 15.9 Å². The number of sulfonamides is 1. The lowest BCUT2D eigenvalue weighted by molar-refractivity contribution is 0.0923. The molecular formula is C19H23N3O5S. The highest BCUT2D eigenvalue weighted by Gasteiger charge is 2.30. The molecule has 0 unspecified atom stereocenters. The van der Waals surface area contributed by atoms with E-state index in [1.54, 1.807) is 24.4 Å². The number of benzene rings is 1. The van der Waals surface area contributed by atoms with Gasteiger partial charge in [-0.05, 0) is 37.1 Å². The Morgan fingerprint density at radius 2 is 1.86 bits per heavy atom. The predicted octanol–water partition coefficient (Wildman–Crippen LogP) is 1.68. The van der Waals surface area contributed by atoms with Gasteiger partial charge in [0.15, 0.2) is 11.5 Å². The Morgan fingerprint density at radius 1 is 1.14 bits per heavy atom. The fraction of sp³-hybridized carbons (Fsp3) is 0.368. The van der Waals surface area contributed by atoms with E-state index < -0.39 is 10.0 Å².